The first-order chi connectivity index (χ1) is 13.0. The minimum absolute atomic E-state index is 0.121. The van der Waals surface area contributed by atoms with Gasteiger partial charge in [0.05, 0.1) is 11.2 Å². The molecule has 0 aliphatic carbocycles. The molecule has 148 valence electrons. The van der Waals surface area contributed by atoms with Gasteiger partial charge in [0.1, 0.15) is 0 Å². The van der Waals surface area contributed by atoms with Crippen LogP contribution in [0.2, 0.25) is 0 Å². The van der Waals surface area contributed by atoms with E-state index >= 15 is 0 Å². The van der Waals surface area contributed by atoms with Crippen LogP contribution in [-0.2, 0) is 9.31 Å². The molecule has 5 heteroatoms. The van der Waals surface area contributed by atoms with Gasteiger partial charge in [-0.3, -0.25) is 4.79 Å². The van der Waals surface area contributed by atoms with E-state index in [2.05, 4.69) is 19.2 Å². The van der Waals surface area contributed by atoms with Crippen molar-refractivity contribution in [2.75, 3.05) is 5.32 Å². The number of hydrogen-bond donors (Lipinski definition) is 1. The molecule has 2 aromatic carbocycles. The van der Waals surface area contributed by atoms with E-state index in [0.717, 1.165) is 16.7 Å². The molecule has 1 amide bonds. The van der Waals surface area contributed by atoms with Crippen molar-refractivity contribution in [2.24, 2.45) is 0 Å². The maximum absolute atomic E-state index is 12.7. The highest BCUT2D eigenvalue weighted by Gasteiger charge is 2.52. The van der Waals surface area contributed by atoms with Gasteiger partial charge in [0.15, 0.2) is 0 Å². The largest absolute Gasteiger partial charge is 0.495 e. The van der Waals surface area contributed by atoms with Crippen LogP contribution in [-0.4, -0.2) is 24.2 Å². The van der Waals surface area contributed by atoms with Crippen molar-refractivity contribution in [3.05, 3.63) is 59.2 Å². The van der Waals surface area contributed by atoms with Gasteiger partial charge in [0.2, 0.25) is 0 Å². The SMILES string of the molecule is Cc1c(NC(=O)c2ccc(C(C)C)cc2)cccc1B1OC(C)(C)C(C)(C)O1. The third-order valence-electron chi connectivity index (χ3n) is 5.97. The Morgan fingerprint density at radius 3 is 2.07 bits per heavy atom. The molecule has 1 aliphatic rings. The number of carbonyl (C=O) groups excluding carboxylic acids is 1. The second-order valence-corrected chi connectivity index (χ2v) is 8.84. The van der Waals surface area contributed by atoms with Crippen LogP contribution in [0.1, 0.15) is 68.9 Å². The van der Waals surface area contributed by atoms with Crippen LogP contribution in [0.5, 0.6) is 0 Å². The summed E-state index contributed by atoms with van der Waals surface area (Å²) in [5.74, 6) is 0.320. The maximum Gasteiger partial charge on any atom is 0.495 e. The zero-order chi connectivity index (χ0) is 20.7. The third kappa shape index (κ3) is 3.87. The van der Waals surface area contributed by atoms with Gasteiger partial charge in [0.25, 0.3) is 5.91 Å². The molecule has 3 rings (SSSR count). The van der Waals surface area contributed by atoms with Gasteiger partial charge < -0.3 is 14.6 Å². The quantitative estimate of drug-likeness (QED) is 0.786. The van der Waals surface area contributed by atoms with E-state index in [1.807, 2.05) is 77.1 Å². The van der Waals surface area contributed by atoms with Crippen LogP contribution in [0.15, 0.2) is 42.5 Å². The summed E-state index contributed by atoms with van der Waals surface area (Å²) in [5, 5.41) is 3.03. The van der Waals surface area contributed by atoms with E-state index in [9.17, 15) is 4.79 Å². The third-order valence-corrected chi connectivity index (χ3v) is 5.97. The lowest BCUT2D eigenvalue weighted by atomic mass is 9.76. The molecule has 0 radical (unpaired) electrons. The van der Waals surface area contributed by atoms with Crippen LogP contribution in [0.3, 0.4) is 0 Å². The highest BCUT2D eigenvalue weighted by molar-refractivity contribution is 6.62. The Morgan fingerprint density at radius 2 is 1.54 bits per heavy atom. The number of benzene rings is 2. The second-order valence-electron chi connectivity index (χ2n) is 8.84. The molecule has 0 unspecified atom stereocenters. The van der Waals surface area contributed by atoms with Gasteiger partial charge in [-0.15, -0.1) is 0 Å². The molecule has 2 aromatic rings. The molecule has 0 aromatic heterocycles. The molecule has 1 N–H and O–H groups in total. The van der Waals surface area contributed by atoms with Crippen molar-refractivity contribution in [1.29, 1.82) is 0 Å². The van der Waals surface area contributed by atoms with Gasteiger partial charge in [-0.05, 0) is 75.3 Å². The highest BCUT2D eigenvalue weighted by atomic mass is 16.7. The number of carbonyl (C=O) groups is 1. The van der Waals surface area contributed by atoms with Crippen LogP contribution >= 0.6 is 0 Å². The molecule has 0 saturated carbocycles. The van der Waals surface area contributed by atoms with Crippen LogP contribution in [0, 0.1) is 6.92 Å². The fraction of sp³-hybridized carbons (Fsp3) is 0.435. The minimum Gasteiger partial charge on any atom is -0.399 e. The molecule has 0 bridgehead atoms. The maximum atomic E-state index is 12.7. The van der Waals surface area contributed by atoms with Gasteiger partial charge in [-0.2, -0.15) is 0 Å². The Labute approximate surface area is 168 Å². The van der Waals surface area contributed by atoms with E-state index in [0.29, 0.717) is 11.5 Å². The minimum atomic E-state index is -0.452. The smallest absolute Gasteiger partial charge is 0.399 e. The molecule has 1 fully saturated rings. The molecule has 28 heavy (non-hydrogen) atoms. The lowest BCUT2D eigenvalue weighted by Crippen LogP contribution is -2.41. The predicted molar refractivity (Wildman–Crippen MR) is 115 cm³/mol. The van der Waals surface area contributed by atoms with Gasteiger partial charge >= 0.3 is 7.12 Å². The molecule has 4 nitrogen and oxygen atoms in total. The average molecular weight is 379 g/mol. The normalized spacial score (nSPS) is 17.8. The summed E-state index contributed by atoms with van der Waals surface area (Å²) in [6, 6.07) is 13.6. The van der Waals surface area contributed by atoms with E-state index in [1.165, 1.54) is 5.56 Å². The lowest BCUT2D eigenvalue weighted by Gasteiger charge is -2.32. The van der Waals surface area contributed by atoms with E-state index in [1.54, 1.807) is 0 Å². The van der Waals surface area contributed by atoms with Crippen molar-refractivity contribution >= 4 is 24.2 Å². The van der Waals surface area contributed by atoms with Gasteiger partial charge in [-0.25, -0.2) is 0 Å². The number of rotatable bonds is 4. The predicted octanol–water partition coefficient (Wildman–Crippen LogP) is 4.67. The summed E-state index contributed by atoms with van der Waals surface area (Å²) in [7, 11) is -0.452. The van der Waals surface area contributed by atoms with Gasteiger partial charge in [0, 0.05) is 11.3 Å². The van der Waals surface area contributed by atoms with Crippen molar-refractivity contribution in [3.63, 3.8) is 0 Å². The molecular weight excluding hydrogens is 349 g/mol. The Morgan fingerprint density at radius 1 is 0.964 bits per heavy atom. The first kappa shape index (κ1) is 20.6. The Kier molecular flexibility index (Phi) is 5.43. The van der Waals surface area contributed by atoms with Gasteiger partial charge in [-0.1, -0.05) is 38.1 Å². The Balaban J connectivity index is 1.81. The Hall–Kier alpha value is -2.11. The van der Waals surface area contributed by atoms with Crippen molar-refractivity contribution in [3.8, 4) is 0 Å². The number of amides is 1. The molecule has 1 aliphatic heterocycles. The Bertz CT molecular complexity index is 856. The summed E-state index contributed by atoms with van der Waals surface area (Å²) in [4.78, 5) is 12.7. The standard InChI is InChI=1S/C23H30BNO3/c1-15(2)17-11-13-18(14-12-17)21(26)25-20-10-8-9-19(16(20)3)24-27-22(4,5)23(6,7)28-24/h8-15H,1-7H3,(H,25,26). The summed E-state index contributed by atoms with van der Waals surface area (Å²) in [6.45, 7) is 14.4. The molecule has 0 spiro atoms. The monoisotopic (exact) mass is 379 g/mol. The van der Waals surface area contributed by atoms with Crippen LogP contribution in [0.25, 0.3) is 0 Å². The highest BCUT2D eigenvalue weighted by Crippen LogP contribution is 2.37. The molecular formula is C23H30BNO3. The van der Waals surface area contributed by atoms with Crippen molar-refractivity contribution in [1.82, 2.24) is 0 Å². The summed E-state index contributed by atoms with van der Waals surface area (Å²) in [5.41, 5.74) is 3.72. The summed E-state index contributed by atoms with van der Waals surface area (Å²) < 4.78 is 12.4. The topological polar surface area (TPSA) is 47.6 Å². The zero-order valence-corrected chi connectivity index (χ0v) is 17.9. The fourth-order valence-electron chi connectivity index (χ4n) is 3.23. The first-order valence-electron chi connectivity index (χ1n) is 9.88. The van der Waals surface area contributed by atoms with E-state index in [4.69, 9.17) is 9.31 Å². The molecule has 1 saturated heterocycles. The van der Waals surface area contributed by atoms with E-state index < -0.39 is 18.3 Å². The van der Waals surface area contributed by atoms with Crippen molar-refractivity contribution < 1.29 is 14.1 Å². The molecule has 1 heterocycles. The van der Waals surface area contributed by atoms with Crippen LogP contribution in [0.4, 0.5) is 5.69 Å². The number of nitrogens with one attached hydrogen (secondary N) is 1. The lowest BCUT2D eigenvalue weighted by molar-refractivity contribution is 0.00578. The fourth-order valence-corrected chi connectivity index (χ4v) is 3.23. The zero-order valence-electron chi connectivity index (χ0n) is 17.9. The van der Waals surface area contributed by atoms with Crippen molar-refractivity contribution in [2.45, 2.75) is 65.6 Å². The van der Waals surface area contributed by atoms with E-state index in [-0.39, 0.29) is 5.91 Å². The number of anilines is 1. The number of hydrogen-bond acceptors (Lipinski definition) is 3. The van der Waals surface area contributed by atoms with Crippen LogP contribution < -0.4 is 10.8 Å². The second kappa shape index (κ2) is 7.38. The summed E-state index contributed by atoms with van der Waals surface area (Å²) in [6.07, 6.45) is 0. The first-order valence-corrected chi connectivity index (χ1v) is 9.88. The summed E-state index contributed by atoms with van der Waals surface area (Å²) >= 11 is 0. The molecule has 0 atom stereocenters. The average Bonchev–Trinajstić information content (AvgIpc) is 2.84.